The lowest BCUT2D eigenvalue weighted by Crippen LogP contribution is -2.36. The van der Waals surface area contributed by atoms with E-state index in [9.17, 15) is 4.79 Å². The van der Waals surface area contributed by atoms with Crippen LogP contribution in [0.1, 0.15) is 12.5 Å². The van der Waals surface area contributed by atoms with Gasteiger partial charge in [0.05, 0.1) is 18.9 Å². The van der Waals surface area contributed by atoms with Crippen molar-refractivity contribution in [2.24, 2.45) is 4.99 Å². The van der Waals surface area contributed by atoms with Crippen LogP contribution in [-0.2, 0) is 9.53 Å². The first-order valence-electron chi connectivity index (χ1n) is 9.42. The quantitative estimate of drug-likeness (QED) is 0.469. The van der Waals surface area contributed by atoms with E-state index >= 15 is 0 Å². The largest absolute Gasteiger partial charge is 0.378 e. The van der Waals surface area contributed by atoms with Gasteiger partial charge in [0.2, 0.25) is 5.91 Å². The molecule has 28 heavy (non-hydrogen) atoms. The van der Waals surface area contributed by atoms with Crippen molar-refractivity contribution in [3.63, 3.8) is 0 Å². The predicted molar refractivity (Wildman–Crippen MR) is 116 cm³/mol. The van der Waals surface area contributed by atoms with Crippen molar-refractivity contribution in [1.82, 2.24) is 0 Å². The SMILES string of the molecule is CC=N/C(=C\C=C\C(=O)Nc1ccc(N2CCOCC2)cc1)c1ccccc1. The zero-order chi connectivity index (χ0) is 19.6. The Balaban J connectivity index is 1.59. The molecule has 0 aliphatic carbocycles. The number of nitrogens with one attached hydrogen (secondary N) is 1. The molecule has 0 aromatic heterocycles. The van der Waals surface area contributed by atoms with E-state index < -0.39 is 0 Å². The van der Waals surface area contributed by atoms with Gasteiger partial charge in [-0.3, -0.25) is 9.79 Å². The average molecular weight is 375 g/mol. The van der Waals surface area contributed by atoms with Crippen molar-refractivity contribution < 1.29 is 9.53 Å². The molecule has 1 N–H and O–H groups in total. The van der Waals surface area contributed by atoms with Crippen LogP contribution in [0.5, 0.6) is 0 Å². The van der Waals surface area contributed by atoms with Gasteiger partial charge in [0.15, 0.2) is 0 Å². The predicted octanol–water partition coefficient (Wildman–Crippen LogP) is 4.15. The summed E-state index contributed by atoms with van der Waals surface area (Å²) in [6.45, 7) is 5.16. The van der Waals surface area contributed by atoms with Gasteiger partial charge in [0.25, 0.3) is 0 Å². The summed E-state index contributed by atoms with van der Waals surface area (Å²) in [5.41, 5.74) is 3.72. The number of morpholine rings is 1. The summed E-state index contributed by atoms with van der Waals surface area (Å²) in [4.78, 5) is 18.8. The molecule has 1 amide bonds. The average Bonchev–Trinajstić information content (AvgIpc) is 2.75. The normalized spacial score (nSPS) is 15.3. The molecule has 2 aromatic rings. The number of hydrogen-bond donors (Lipinski definition) is 1. The molecule has 1 aliphatic heterocycles. The first-order chi connectivity index (χ1) is 13.8. The molecule has 1 heterocycles. The Labute approximate surface area is 166 Å². The zero-order valence-corrected chi connectivity index (χ0v) is 16.0. The Morgan fingerprint density at radius 3 is 2.46 bits per heavy atom. The van der Waals surface area contributed by atoms with E-state index in [1.54, 1.807) is 12.3 Å². The van der Waals surface area contributed by atoms with Crippen molar-refractivity contribution in [3.05, 3.63) is 78.4 Å². The number of hydrogen-bond acceptors (Lipinski definition) is 4. The molecule has 0 radical (unpaired) electrons. The lowest BCUT2D eigenvalue weighted by Gasteiger charge is -2.28. The molecule has 0 unspecified atom stereocenters. The van der Waals surface area contributed by atoms with E-state index in [4.69, 9.17) is 4.74 Å². The summed E-state index contributed by atoms with van der Waals surface area (Å²) >= 11 is 0. The maximum atomic E-state index is 12.2. The lowest BCUT2D eigenvalue weighted by molar-refractivity contribution is -0.111. The molecule has 0 atom stereocenters. The molecule has 0 bridgehead atoms. The van der Waals surface area contributed by atoms with Gasteiger partial charge in [-0.05, 0) is 37.3 Å². The van der Waals surface area contributed by atoms with Gasteiger partial charge >= 0.3 is 0 Å². The van der Waals surface area contributed by atoms with Gasteiger partial charge in [-0.15, -0.1) is 0 Å². The van der Waals surface area contributed by atoms with Crippen LogP contribution in [-0.4, -0.2) is 38.4 Å². The highest BCUT2D eigenvalue weighted by atomic mass is 16.5. The maximum absolute atomic E-state index is 12.2. The molecule has 2 aromatic carbocycles. The van der Waals surface area contributed by atoms with E-state index in [-0.39, 0.29) is 5.91 Å². The minimum atomic E-state index is -0.178. The molecular weight excluding hydrogens is 350 g/mol. The molecule has 5 heteroatoms. The number of carbonyl (C=O) groups is 1. The van der Waals surface area contributed by atoms with Gasteiger partial charge in [-0.1, -0.05) is 36.4 Å². The van der Waals surface area contributed by atoms with E-state index in [1.807, 2.05) is 67.6 Å². The Morgan fingerprint density at radius 1 is 1.07 bits per heavy atom. The number of nitrogens with zero attached hydrogens (tertiary/aromatic N) is 2. The second-order valence-corrected chi connectivity index (χ2v) is 6.30. The highest BCUT2D eigenvalue weighted by molar-refractivity contribution is 5.99. The van der Waals surface area contributed by atoms with Crippen LogP contribution in [0.3, 0.4) is 0 Å². The first-order valence-corrected chi connectivity index (χ1v) is 9.42. The fourth-order valence-corrected chi connectivity index (χ4v) is 2.95. The van der Waals surface area contributed by atoms with Crippen LogP contribution in [0.25, 0.3) is 5.70 Å². The second-order valence-electron chi connectivity index (χ2n) is 6.30. The number of rotatable bonds is 6. The topological polar surface area (TPSA) is 53.9 Å². The van der Waals surface area contributed by atoms with Gasteiger partial charge in [0.1, 0.15) is 0 Å². The van der Waals surface area contributed by atoms with Gasteiger partial charge in [0, 0.05) is 42.3 Å². The molecule has 0 saturated carbocycles. The van der Waals surface area contributed by atoms with Crippen LogP contribution in [0.15, 0.2) is 77.8 Å². The smallest absolute Gasteiger partial charge is 0.248 e. The molecular formula is C23H25N3O2. The second kappa shape index (κ2) is 10.2. The van der Waals surface area contributed by atoms with Crippen molar-refractivity contribution in [2.75, 3.05) is 36.5 Å². The zero-order valence-electron chi connectivity index (χ0n) is 16.0. The monoisotopic (exact) mass is 375 g/mol. The maximum Gasteiger partial charge on any atom is 0.248 e. The third-order valence-electron chi connectivity index (χ3n) is 4.35. The minimum absolute atomic E-state index is 0.178. The highest BCUT2D eigenvalue weighted by Gasteiger charge is 2.10. The number of allylic oxidation sites excluding steroid dienone is 2. The standard InChI is InChI=1S/C23H25N3O2/c1-2-24-22(19-7-4-3-5-8-19)9-6-10-23(27)25-20-11-13-21(14-12-20)26-15-17-28-18-16-26/h2-14H,15-18H2,1H3,(H,25,27)/b10-6+,22-9-,24-2?. The van der Waals surface area contributed by atoms with Crippen LogP contribution in [0, 0.1) is 0 Å². The molecule has 5 nitrogen and oxygen atoms in total. The number of ether oxygens (including phenoxy) is 1. The molecule has 0 spiro atoms. The number of carbonyl (C=O) groups excluding carboxylic acids is 1. The van der Waals surface area contributed by atoms with Gasteiger partial charge < -0.3 is 15.0 Å². The number of anilines is 2. The number of benzene rings is 2. The molecule has 1 aliphatic rings. The van der Waals surface area contributed by atoms with Crippen LogP contribution in [0.2, 0.25) is 0 Å². The minimum Gasteiger partial charge on any atom is -0.378 e. The van der Waals surface area contributed by atoms with Crippen molar-refractivity contribution in [2.45, 2.75) is 6.92 Å². The van der Waals surface area contributed by atoms with Crippen LogP contribution < -0.4 is 10.2 Å². The Bertz CT molecular complexity index is 849. The third kappa shape index (κ3) is 5.66. The third-order valence-corrected chi connectivity index (χ3v) is 4.35. The highest BCUT2D eigenvalue weighted by Crippen LogP contribution is 2.19. The molecule has 3 rings (SSSR count). The summed E-state index contributed by atoms with van der Waals surface area (Å²) in [5.74, 6) is -0.178. The Kier molecular flexibility index (Phi) is 7.15. The molecule has 1 fully saturated rings. The summed E-state index contributed by atoms with van der Waals surface area (Å²) in [7, 11) is 0. The summed E-state index contributed by atoms with van der Waals surface area (Å²) in [6, 6.07) is 17.8. The van der Waals surface area contributed by atoms with Crippen molar-refractivity contribution in [3.8, 4) is 0 Å². The number of aliphatic imine (C=N–C) groups is 1. The van der Waals surface area contributed by atoms with Gasteiger partial charge in [-0.2, -0.15) is 0 Å². The molecule has 1 saturated heterocycles. The molecule has 144 valence electrons. The van der Waals surface area contributed by atoms with Crippen LogP contribution >= 0.6 is 0 Å². The van der Waals surface area contributed by atoms with E-state index in [0.717, 1.165) is 48.9 Å². The van der Waals surface area contributed by atoms with Crippen molar-refractivity contribution in [1.29, 1.82) is 0 Å². The number of amides is 1. The Morgan fingerprint density at radius 2 is 1.79 bits per heavy atom. The van der Waals surface area contributed by atoms with Crippen LogP contribution in [0.4, 0.5) is 11.4 Å². The lowest BCUT2D eigenvalue weighted by atomic mass is 10.1. The summed E-state index contributed by atoms with van der Waals surface area (Å²) in [5, 5.41) is 2.88. The summed E-state index contributed by atoms with van der Waals surface area (Å²) in [6.07, 6.45) is 6.79. The fourth-order valence-electron chi connectivity index (χ4n) is 2.95. The van der Waals surface area contributed by atoms with Crippen molar-refractivity contribution >= 4 is 29.2 Å². The summed E-state index contributed by atoms with van der Waals surface area (Å²) < 4.78 is 5.38. The Hall–Kier alpha value is -3.18. The van der Waals surface area contributed by atoms with E-state index in [0.29, 0.717) is 0 Å². The first kappa shape index (κ1) is 19.6. The fraction of sp³-hybridized carbons (Fsp3) is 0.217. The van der Waals surface area contributed by atoms with E-state index in [1.165, 1.54) is 6.08 Å². The van der Waals surface area contributed by atoms with E-state index in [2.05, 4.69) is 15.2 Å². The van der Waals surface area contributed by atoms with Gasteiger partial charge in [-0.25, -0.2) is 0 Å².